The van der Waals surface area contributed by atoms with E-state index in [-0.39, 0.29) is 37.1 Å². The normalized spacial score (nSPS) is 10.8. The van der Waals surface area contributed by atoms with Gasteiger partial charge < -0.3 is 25.2 Å². The van der Waals surface area contributed by atoms with E-state index in [1.54, 1.807) is 13.2 Å². The number of carbonyl (C=O) groups excluding carboxylic acids is 1. The highest BCUT2D eigenvalue weighted by molar-refractivity contribution is 5.91. The Hall–Kier alpha value is -2.28. The number of aliphatic hydroxyl groups excluding tert-OH is 1. The van der Waals surface area contributed by atoms with Crippen LogP contribution >= 0.6 is 12.4 Å². The van der Waals surface area contributed by atoms with E-state index >= 15 is 0 Å². The van der Waals surface area contributed by atoms with Crippen molar-refractivity contribution in [3.05, 3.63) is 53.6 Å². The van der Waals surface area contributed by atoms with E-state index in [4.69, 9.17) is 9.47 Å². The second-order valence-corrected chi connectivity index (χ2v) is 7.08. The van der Waals surface area contributed by atoms with Crippen molar-refractivity contribution in [2.24, 2.45) is 0 Å². The minimum atomic E-state index is -0.365. The van der Waals surface area contributed by atoms with Gasteiger partial charge in [0.15, 0.2) is 18.1 Å². The Labute approximate surface area is 172 Å². The zero-order chi connectivity index (χ0) is 19.9. The second kappa shape index (κ2) is 10.9. The van der Waals surface area contributed by atoms with E-state index in [0.29, 0.717) is 18.0 Å². The fraction of sp³-hybridized carbons (Fsp3) is 0.381. The van der Waals surface area contributed by atoms with Crippen LogP contribution in [0.2, 0.25) is 0 Å². The third-order valence-corrected chi connectivity index (χ3v) is 4.09. The number of carbonyl (C=O) groups is 1. The van der Waals surface area contributed by atoms with Gasteiger partial charge in [0.05, 0.1) is 13.7 Å². The predicted octanol–water partition coefficient (Wildman–Crippen LogP) is 3.30. The minimum absolute atomic E-state index is 0. The van der Waals surface area contributed by atoms with Crippen LogP contribution in [0.5, 0.6) is 11.5 Å². The van der Waals surface area contributed by atoms with Gasteiger partial charge in [0.2, 0.25) is 0 Å². The molecule has 0 atom stereocenters. The minimum Gasteiger partial charge on any atom is -0.493 e. The molecule has 0 radical (unpaired) electrons. The van der Waals surface area contributed by atoms with Crippen molar-refractivity contribution in [3.63, 3.8) is 0 Å². The van der Waals surface area contributed by atoms with Crippen LogP contribution in [-0.4, -0.2) is 36.9 Å². The van der Waals surface area contributed by atoms with Gasteiger partial charge in [-0.2, -0.15) is 0 Å². The predicted molar refractivity (Wildman–Crippen MR) is 114 cm³/mol. The molecule has 0 unspecified atom stereocenters. The molecule has 7 heteroatoms. The average molecular weight is 409 g/mol. The molecule has 0 aliphatic carbocycles. The lowest BCUT2D eigenvalue weighted by Crippen LogP contribution is -2.42. The molecule has 0 aliphatic heterocycles. The number of rotatable bonds is 9. The fourth-order valence-corrected chi connectivity index (χ4v) is 2.32. The first-order valence-electron chi connectivity index (χ1n) is 8.85. The summed E-state index contributed by atoms with van der Waals surface area (Å²) in [4.78, 5) is 12.1. The smallest absolute Gasteiger partial charge is 0.262 e. The molecule has 3 N–H and O–H groups in total. The van der Waals surface area contributed by atoms with Crippen LogP contribution in [0.3, 0.4) is 0 Å². The van der Waals surface area contributed by atoms with Crippen molar-refractivity contribution in [1.29, 1.82) is 0 Å². The molecular weight excluding hydrogens is 380 g/mol. The molecule has 0 fully saturated rings. The Bertz CT molecular complexity index is 764. The molecule has 6 nitrogen and oxygen atoms in total. The Balaban J connectivity index is 0.00000392. The third-order valence-electron chi connectivity index (χ3n) is 4.09. The second-order valence-electron chi connectivity index (χ2n) is 7.08. The molecule has 0 bridgehead atoms. The van der Waals surface area contributed by atoms with E-state index in [1.165, 1.54) is 0 Å². The lowest BCUT2D eigenvalue weighted by Gasteiger charge is -2.23. The number of aryl methyl sites for hydroxylation is 1. The van der Waals surface area contributed by atoms with Crippen molar-refractivity contribution < 1.29 is 19.4 Å². The summed E-state index contributed by atoms with van der Waals surface area (Å²) in [5.74, 6) is 0.817. The van der Waals surface area contributed by atoms with E-state index in [9.17, 15) is 9.90 Å². The highest BCUT2D eigenvalue weighted by Crippen LogP contribution is 2.28. The SMILES string of the molecule is COc1cc(CNC(C)(C)CO)ccc1OCC(=O)Nc1ccc(C)cc1.Cl. The van der Waals surface area contributed by atoms with E-state index < -0.39 is 0 Å². The van der Waals surface area contributed by atoms with Crippen LogP contribution in [0.15, 0.2) is 42.5 Å². The van der Waals surface area contributed by atoms with Crippen LogP contribution < -0.4 is 20.1 Å². The first kappa shape index (κ1) is 23.8. The largest absolute Gasteiger partial charge is 0.493 e. The number of hydrogen-bond donors (Lipinski definition) is 3. The van der Waals surface area contributed by atoms with Crippen molar-refractivity contribution in [1.82, 2.24) is 5.32 Å². The Kier molecular flexibility index (Phi) is 9.25. The molecule has 0 spiro atoms. The number of anilines is 1. The molecule has 0 saturated heterocycles. The summed E-state index contributed by atoms with van der Waals surface area (Å²) < 4.78 is 11.0. The van der Waals surface area contributed by atoms with Gasteiger partial charge in [-0.3, -0.25) is 4.79 Å². The van der Waals surface area contributed by atoms with Crippen LogP contribution in [0, 0.1) is 6.92 Å². The molecule has 2 aromatic carbocycles. The fourth-order valence-electron chi connectivity index (χ4n) is 2.32. The summed E-state index contributed by atoms with van der Waals surface area (Å²) in [6.07, 6.45) is 0. The first-order chi connectivity index (χ1) is 12.8. The van der Waals surface area contributed by atoms with E-state index in [2.05, 4.69) is 10.6 Å². The van der Waals surface area contributed by atoms with Crippen LogP contribution in [0.1, 0.15) is 25.0 Å². The summed E-state index contributed by atoms with van der Waals surface area (Å²) in [6.45, 7) is 6.35. The number of halogens is 1. The number of hydrogen-bond acceptors (Lipinski definition) is 5. The number of amides is 1. The standard InChI is InChI=1S/C21H28N2O4.ClH/c1-15-5-8-17(9-6-15)23-20(25)13-27-18-10-7-16(11-19(18)26-4)12-22-21(2,3)14-24;/h5-11,22,24H,12-14H2,1-4H3,(H,23,25);1H. The van der Waals surface area contributed by atoms with Gasteiger partial charge in [-0.15, -0.1) is 12.4 Å². The molecule has 2 rings (SSSR count). The van der Waals surface area contributed by atoms with Gasteiger partial charge in [0.1, 0.15) is 0 Å². The molecule has 0 heterocycles. The van der Waals surface area contributed by atoms with E-state index in [0.717, 1.165) is 16.8 Å². The summed E-state index contributed by atoms with van der Waals surface area (Å²) in [6, 6.07) is 13.1. The van der Waals surface area contributed by atoms with Gasteiger partial charge >= 0.3 is 0 Å². The molecule has 28 heavy (non-hydrogen) atoms. The Morgan fingerprint density at radius 2 is 1.79 bits per heavy atom. The number of aliphatic hydroxyl groups is 1. The van der Waals surface area contributed by atoms with Gasteiger partial charge in [-0.1, -0.05) is 23.8 Å². The van der Waals surface area contributed by atoms with Gasteiger partial charge in [-0.25, -0.2) is 0 Å². The highest BCUT2D eigenvalue weighted by atomic mass is 35.5. The number of ether oxygens (including phenoxy) is 2. The number of benzene rings is 2. The zero-order valence-corrected chi connectivity index (χ0v) is 17.6. The molecular formula is C21H29ClN2O4. The molecule has 0 saturated carbocycles. The molecule has 1 amide bonds. The van der Waals surface area contributed by atoms with Crippen molar-refractivity contribution >= 4 is 24.0 Å². The maximum absolute atomic E-state index is 12.1. The summed E-state index contributed by atoms with van der Waals surface area (Å²) in [7, 11) is 1.56. The van der Waals surface area contributed by atoms with E-state index in [1.807, 2.05) is 57.2 Å². The lowest BCUT2D eigenvalue weighted by molar-refractivity contribution is -0.118. The van der Waals surface area contributed by atoms with Crippen molar-refractivity contribution in [3.8, 4) is 11.5 Å². The van der Waals surface area contributed by atoms with Gasteiger partial charge in [-0.05, 0) is 50.6 Å². The summed E-state index contributed by atoms with van der Waals surface area (Å²) in [5.41, 5.74) is 2.49. The van der Waals surface area contributed by atoms with Crippen LogP contribution in [0.4, 0.5) is 5.69 Å². The van der Waals surface area contributed by atoms with Crippen LogP contribution in [0.25, 0.3) is 0 Å². The monoisotopic (exact) mass is 408 g/mol. The maximum Gasteiger partial charge on any atom is 0.262 e. The summed E-state index contributed by atoms with van der Waals surface area (Å²) in [5, 5.41) is 15.4. The average Bonchev–Trinajstić information content (AvgIpc) is 2.67. The number of nitrogens with one attached hydrogen (secondary N) is 2. The first-order valence-corrected chi connectivity index (χ1v) is 8.85. The highest BCUT2D eigenvalue weighted by Gasteiger charge is 2.15. The van der Waals surface area contributed by atoms with Crippen molar-refractivity contribution in [2.45, 2.75) is 32.9 Å². The Morgan fingerprint density at radius 3 is 2.39 bits per heavy atom. The molecule has 0 aliphatic rings. The molecule has 154 valence electrons. The zero-order valence-electron chi connectivity index (χ0n) is 16.7. The number of methoxy groups -OCH3 is 1. The lowest BCUT2D eigenvalue weighted by atomic mass is 10.1. The van der Waals surface area contributed by atoms with Gasteiger partial charge in [0.25, 0.3) is 5.91 Å². The topological polar surface area (TPSA) is 79.8 Å². The maximum atomic E-state index is 12.1. The van der Waals surface area contributed by atoms with Crippen LogP contribution in [-0.2, 0) is 11.3 Å². The Morgan fingerprint density at radius 1 is 1.11 bits per heavy atom. The molecule has 2 aromatic rings. The third kappa shape index (κ3) is 7.38. The molecule has 0 aromatic heterocycles. The summed E-state index contributed by atoms with van der Waals surface area (Å²) >= 11 is 0. The van der Waals surface area contributed by atoms with Crippen molar-refractivity contribution in [2.75, 3.05) is 25.6 Å². The van der Waals surface area contributed by atoms with Gasteiger partial charge in [0, 0.05) is 17.8 Å². The quantitative estimate of drug-likeness (QED) is 0.593.